The van der Waals surface area contributed by atoms with Crippen LogP contribution in [0.25, 0.3) is 11.3 Å². The van der Waals surface area contributed by atoms with Crippen LogP contribution in [0, 0.1) is 12.3 Å². The third-order valence-electron chi connectivity index (χ3n) is 4.47. The topological polar surface area (TPSA) is 99.0 Å². The summed E-state index contributed by atoms with van der Waals surface area (Å²) in [4.78, 5) is 26.3. The number of carbonyl (C=O) groups is 2. The molecule has 0 spiro atoms. The van der Waals surface area contributed by atoms with Gasteiger partial charge in [0.2, 0.25) is 0 Å². The lowest BCUT2D eigenvalue weighted by Crippen LogP contribution is -2.30. The van der Waals surface area contributed by atoms with Crippen LogP contribution in [0.2, 0.25) is 0 Å². The monoisotopic (exact) mass is 396 g/mol. The molecule has 1 aromatic carbocycles. The molecule has 0 saturated heterocycles. The highest BCUT2D eigenvalue weighted by atomic mass is 16.4. The fourth-order valence-electron chi connectivity index (χ4n) is 2.54. The van der Waals surface area contributed by atoms with Crippen molar-refractivity contribution >= 4 is 29.4 Å². The number of nitrogens with zero attached hydrogens (tertiary/aromatic N) is 1. The van der Waals surface area contributed by atoms with E-state index in [0.717, 1.165) is 24.0 Å². The molecule has 29 heavy (non-hydrogen) atoms. The number of terminal acetylenes is 1. The molecule has 0 aliphatic heterocycles. The van der Waals surface area contributed by atoms with Gasteiger partial charge in [-0.15, -0.1) is 6.42 Å². The van der Waals surface area contributed by atoms with E-state index in [2.05, 4.69) is 16.2 Å². The number of benzene rings is 1. The average Bonchev–Trinajstić information content (AvgIpc) is 3.57. The van der Waals surface area contributed by atoms with E-state index in [1.807, 2.05) is 39.0 Å². The second kappa shape index (κ2) is 11.5. The Bertz CT molecular complexity index is 881. The van der Waals surface area contributed by atoms with Crippen LogP contribution in [0.5, 0.6) is 0 Å². The van der Waals surface area contributed by atoms with E-state index in [1.54, 1.807) is 19.3 Å². The van der Waals surface area contributed by atoms with Gasteiger partial charge in [0.05, 0.1) is 0 Å². The lowest BCUT2D eigenvalue weighted by atomic mass is 9.93. The van der Waals surface area contributed by atoms with E-state index in [0.29, 0.717) is 11.5 Å². The van der Waals surface area contributed by atoms with E-state index in [-0.39, 0.29) is 11.3 Å². The second-order valence-corrected chi connectivity index (χ2v) is 6.51. The Morgan fingerprint density at radius 1 is 1.28 bits per heavy atom. The standard InChI is InChI=1S/C20H21NO4.C3H7N/c1-4-12(3)17-10-14(13-6-7-13)8-9-16(17)19(24)15(5-2)20(25)21-11-18(22)23;1-3-4-2/h2,4,8-10,13,24H,6-7,11H2,1,3H3,(H,21,25)(H,22,23);3H,1-2H3/b12-4-,19-15-;. The fraction of sp³-hybridized carbons (Fsp3) is 0.348. The van der Waals surface area contributed by atoms with Crippen molar-refractivity contribution in [2.24, 2.45) is 4.99 Å². The van der Waals surface area contributed by atoms with Gasteiger partial charge in [0.25, 0.3) is 5.91 Å². The van der Waals surface area contributed by atoms with Gasteiger partial charge >= 0.3 is 5.97 Å². The summed E-state index contributed by atoms with van der Waals surface area (Å²) in [6.07, 6.45) is 11.4. The van der Waals surface area contributed by atoms with Gasteiger partial charge in [0, 0.05) is 12.6 Å². The maximum absolute atomic E-state index is 12.1. The minimum atomic E-state index is -1.19. The van der Waals surface area contributed by atoms with Crippen LogP contribution in [0.1, 0.15) is 56.2 Å². The summed E-state index contributed by atoms with van der Waals surface area (Å²) in [7, 11) is 1.75. The molecular formula is C23H28N2O4. The molecule has 1 aliphatic rings. The van der Waals surface area contributed by atoms with Crippen molar-refractivity contribution in [2.45, 2.75) is 39.5 Å². The SMILES string of the molecule is C#C/C(C(=O)NCC(=O)O)=C(/O)c1ccc(C2CC2)cc1/C(C)=C\C.CC=NC. The largest absolute Gasteiger partial charge is 0.506 e. The Morgan fingerprint density at radius 3 is 2.34 bits per heavy atom. The normalized spacial score (nSPS) is 14.4. The molecule has 3 N–H and O–H groups in total. The summed E-state index contributed by atoms with van der Waals surface area (Å²) in [5.74, 6) is 0.399. The number of amides is 1. The Balaban J connectivity index is 0.000000960. The smallest absolute Gasteiger partial charge is 0.322 e. The average molecular weight is 396 g/mol. The molecule has 0 radical (unpaired) electrons. The molecule has 0 heterocycles. The summed E-state index contributed by atoms with van der Waals surface area (Å²) < 4.78 is 0. The number of aliphatic carboxylic acids is 1. The number of nitrogens with one attached hydrogen (secondary N) is 1. The molecule has 0 aromatic heterocycles. The number of rotatable bonds is 6. The van der Waals surface area contributed by atoms with Crippen molar-refractivity contribution in [1.82, 2.24) is 5.32 Å². The first kappa shape index (κ1) is 23.7. The zero-order valence-electron chi connectivity index (χ0n) is 17.3. The van der Waals surface area contributed by atoms with E-state index < -0.39 is 18.4 Å². The molecule has 1 fully saturated rings. The summed E-state index contributed by atoms with van der Waals surface area (Å²) in [6.45, 7) is 5.13. The zero-order valence-corrected chi connectivity index (χ0v) is 17.3. The van der Waals surface area contributed by atoms with Crippen molar-refractivity contribution in [1.29, 1.82) is 0 Å². The van der Waals surface area contributed by atoms with Crippen molar-refractivity contribution in [2.75, 3.05) is 13.6 Å². The molecule has 154 valence electrons. The predicted molar refractivity (Wildman–Crippen MR) is 117 cm³/mol. The Labute approximate surface area is 172 Å². The molecule has 0 bridgehead atoms. The van der Waals surface area contributed by atoms with Crippen molar-refractivity contribution in [3.8, 4) is 12.3 Å². The summed E-state index contributed by atoms with van der Waals surface area (Å²) in [6, 6.07) is 5.70. The number of aliphatic imine (C=N–C) groups is 1. The number of hydrogen-bond donors (Lipinski definition) is 3. The van der Waals surface area contributed by atoms with Gasteiger partial charge in [-0.25, -0.2) is 0 Å². The highest BCUT2D eigenvalue weighted by Gasteiger charge is 2.25. The molecule has 1 aromatic rings. The third-order valence-corrected chi connectivity index (χ3v) is 4.47. The van der Waals surface area contributed by atoms with Gasteiger partial charge in [-0.3, -0.25) is 9.59 Å². The minimum absolute atomic E-state index is 0.287. The van der Waals surface area contributed by atoms with Crippen LogP contribution in [-0.4, -0.2) is 41.9 Å². The fourth-order valence-corrected chi connectivity index (χ4v) is 2.54. The van der Waals surface area contributed by atoms with E-state index in [9.17, 15) is 14.7 Å². The molecule has 1 amide bonds. The maximum Gasteiger partial charge on any atom is 0.322 e. The molecule has 1 aliphatic carbocycles. The number of hydrogen-bond acceptors (Lipinski definition) is 4. The number of aliphatic hydroxyl groups is 1. The van der Waals surface area contributed by atoms with Crippen molar-refractivity contribution in [3.05, 3.63) is 46.5 Å². The molecule has 0 unspecified atom stereocenters. The van der Waals surface area contributed by atoms with Crippen molar-refractivity contribution < 1.29 is 19.8 Å². The third kappa shape index (κ3) is 6.96. The number of carboxylic acid groups (broad SMARTS) is 1. The van der Waals surface area contributed by atoms with Crippen molar-refractivity contribution in [3.63, 3.8) is 0 Å². The lowest BCUT2D eigenvalue weighted by Gasteiger charge is -2.13. The number of carbonyl (C=O) groups excluding carboxylic acids is 1. The maximum atomic E-state index is 12.1. The minimum Gasteiger partial charge on any atom is -0.506 e. The first-order valence-electron chi connectivity index (χ1n) is 9.34. The first-order chi connectivity index (χ1) is 13.8. The highest BCUT2D eigenvalue weighted by molar-refractivity contribution is 6.05. The second-order valence-electron chi connectivity index (χ2n) is 6.51. The Morgan fingerprint density at radius 2 is 1.90 bits per heavy atom. The number of aliphatic hydroxyl groups excluding tert-OH is 1. The molecule has 6 nitrogen and oxygen atoms in total. The molecule has 0 atom stereocenters. The van der Waals surface area contributed by atoms with Gasteiger partial charge in [0.15, 0.2) is 0 Å². The number of carboxylic acids is 1. The molecular weight excluding hydrogens is 368 g/mol. The first-order valence-corrected chi connectivity index (χ1v) is 9.34. The van der Waals surface area contributed by atoms with E-state index in [1.165, 1.54) is 5.56 Å². The Hall–Kier alpha value is -3.33. The number of allylic oxidation sites excluding steroid dienone is 2. The summed E-state index contributed by atoms with van der Waals surface area (Å²) >= 11 is 0. The quantitative estimate of drug-likeness (QED) is 0.295. The van der Waals surface area contributed by atoms with Gasteiger partial charge in [-0.2, -0.15) is 0 Å². The summed E-state index contributed by atoms with van der Waals surface area (Å²) in [5, 5.41) is 21.4. The predicted octanol–water partition coefficient (Wildman–Crippen LogP) is 3.80. The van der Waals surface area contributed by atoms with Gasteiger partial charge in [-0.05, 0) is 62.4 Å². The van der Waals surface area contributed by atoms with Gasteiger partial charge in [0.1, 0.15) is 17.9 Å². The van der Waals surface area contributed by atoms with E-state index >= 15 is 0 Å². The van der Waals surface area contributed by atoms with Crippen LogP contribution in [0.15, 0.2) is 34.8 Å². The lowest BCUT2D eigenvalue weighted by molar-refractivity contribution is -0.137. The van der Waals surface area contributed by atoms with Crippen LogP contribution >= 0.6 is 0 Å². The van der Waals surface area contributed by atoms with E-state index in [4.69, 9.17) is 11.5 Å². The zero-order chi connectivity index (χ0) is 22.0. The molecule has 1 saturated carbocycles. The summed E-state index contributed by atoms with van der Waals surface area (Å²) in [5.41, 5.74) is 3.13. The van der Waals surface area contributed by atoms with Crippen LogP contribution in [0.3, 0.4) is 0 Å². The van der Waals surface area contributed by atoms with Gasteiger partial charge in [-0.1, -0.05) is 30.2 Å². The van der Waals surface area contributed by atoms with Crippen LogP contribution in [-0.2, 0) is 9.59 Å². The van der Waals surface area contributed by atoms with Crippen LogP contribution in [0.4, 0.5) is 0 Å². The van der Waals surface area contributed by atoms with Crippen LogP contribution < -0.4 is 5.32 Å². The molecule has 6 heteroatoms. The molecule has 2 rings (SSSR count). The Kier molecular flexibility index (Phi) is 9.40. The highest BCUT2D eigenvalue weighted by Crippen LogP contribution is 2.41. The van der Waals surface area contributed by atoms with Gasteiger partial charge < -0.3 is 20.5 Å².